The molecule has 1 N–H and O–H groups in total. The number of carbonyl (C=O) groups is 2. The Balaban J connectivity index is 1.86. The summed E-state index contributed by atoms with van der Waals surface area (Å²) in [5, 5.41) is 7.75. The number of carbonyl (C=O) groups excluding carboxylic acids is 2. The van der Waals surface area contributed by atoms with Crippen LogP contribution in [0, 0.1) is 6.92 Å². The van der Waals surface area contributed by atoms with Gasteiger partial charge in [-0.2, -0.15) is 5.10 Å². The number of para-hydroxylation sites is 1. The minimum Gasteiger partial charge on any atom is -0.467 e. The number of nitrogens with one attached hydrogen (secondary N) is 1. The second-order valence-electron chi connectivity index (χ2n) is 8.99. The number of hydrogen-bond donors (Lipinski definition) is 1. The SMILES string of the molecule is CCCC(=O)N(CC(=O)Nc1cc(C(C)(C)C)nn1-c1ccccc1C)Cc1ccco1. The maximum atomic E-state index is 13.0. The van der Waals surface area contributed by atoms with Crippen molar-refractivity contribution in [3.63, 3.8) is 0 Å². The first-order valence-electron chi connectivity index (χ1n) is 11.0. The molecule has 170 valence electrons. The summed E-state index contributed by atoms with van der Waals surface area (Å²) in [6.07, 6.45) is 2.65. The van der Waals surface area contributed by atoms with E-state index >= 15 is 0 Å². The number of nitrogens with zero attached hydrogens (tertiary/aromatic N) is 3. The Hall–Kier alpha value is -3.35. The van der Waals surface area contributed by atoms with Crippen molar-refractivity contribution in [1.82, 2.24) is 14.7 Å². The highest BCUT2D eigenvalue weighted by Crippen LogP contribution is 2.27. The van der Waals surface area contributed by atoms with Gasteiger partial charge in [-0.05, 0) is 37.1 Å². The third kappa shape index (κ3) is 5.66. The zero-order valence-corrected chi connectivity index (χ0v) is 19.5. The lowest BCUT2D eigenvalue weighted by Gasteiger charge is -2.21. The summed E-state index contributed by atoms with van der Waals surface area (Å²) < 4.78 is 7.15. The summed E-state index contributed by atoms with van der Waals surface area (Å²) in [6.45, 7) is 10.4. The van der Waals surface area contributed by atoms with E-state index in [9.17, 15) is 9.59 Å². The molecule has 0 saturated carbocycles. The van der Waals surface area contributed by atoms with E-state index in [2.05, 4.69) is 26.1 Å². The van der Waals surface area contributed by atoms with Crippen molar-refractivity contribution in [2.75, 3.05) is 11.9 Å². The molecule has 0 aliphatic heterocycles. The molecule has 0 spiro atoms. The lowest BCUT2D eigenvalue weighted by atomic mass is 9.92. The van der Waals surface area contributed by atoms with Crippen molar-refractivity contribution in [2.45, 2.75) is 59.4 Å². The van der Waals surface area contributed by atoms with Gasteiger partial charge < -0.3 is 14.6 Å². The average molecular weight is 437 g/mol. The minimum absolute atomic E-state index is 0.0661. The molecule has 0 bridgehead atoms. The van der Waals surface area contributed by atoms with E-state index in [1.165, 1.54) is 4.90 Å². The Labute approximate surface area is 189 Å². The fraction of sp³-hybridized carbons (Fsp3) is 0.400. The van der Waals surface area contributed by atoms with Crippen LogP contribution in [0.3, 0.4) is 0 Å². The standard InChI is InChI=1S/C25H32N4O3/c1-6-10-24(31)28(16-19-12-9-14-32-19)17-23(30)26-22-15-21(25(3,4)5)27-29(22)20-13-8-7-11-18(20)2/h7-9,11-15H,6,10,16-17H2,1-5H3,(H,26,30). The van der Waals surface area contributed by atoms with Gasteiger partial charge in [-0.25, -0.2) is 4.68 Å². The lowest BCUT2D eigenvalue weighted by molar-refractivity contribution is -0.135. The zero-order valence-electron chi connectivity index (χ0n) is 19.5. The third-order valence-electron chi connectivity index (χ3n) is 5.17. The fourth-order valence-electron chi connectivity index (χ4n) is 3.37. The molecule has 0 fully saturated rings. The highest BCUT2D eigenvalue weighted by molar-refractivity contribution is 5.94. The number of aryl methyl sites for hydroxylation is 1. The maximum absolute atomic E-state index is 13.0. The number of furan rings is 1. The van der Waals surface area contributed by atoms with E-state index in [4.69, 9.17) is 9.52 Å². The third-order valence-corrected chi connectivity index (χ3v) is 5.17. The highest BCUT2D eigenvalue weighted by Gasteiger charge is 2.23. The van der Waals surface area contributed by atoms with Crippen LogP contribution in [0.1, 0.15) is 57.6 Å². The molecule has 3 rings (SSSR count). The molecule has 2 aromatic heterocycles. The Bertz CT molecular complexity index is 1060. The quantitative estimate of drug-likeness (QED) is 0.548. The lowest BCUT2D eigenvalue weighted by Crippen LogP contribution is -2.37. The molecule has 2 heterocycles. The van der Waals surface area contributed by atoms with Crippen molar-refractivity contribution >= 4 is 17.6 Å². The van der Waals surface area contributed by atoms with Crippen LogP contribution < -0.4 is 5.32 Å². The van der Waals surface area contributed by atoms with E-state index in [0.717, 1.165) is 16.9 Å². The number of anilines is 1. The smallest absolute Gasteiger partial charge is 0.245 e. The molecule has 0 aliphatic rings. The van der Waals surface area contributed by atoms with Crippen molar-refractivity contribution in [3.8, 4) is 5.69 Å². The Morgan fingerprint density at radius 1 is 1.16 bits per heavy atom. The van der Waals surface area contributed by atoms with Crippen molar-refractivity contribution in [2.24, 2.45) is 0 Å². The summed E-state index contributed by atoms with van der Waals surface area (Å²) in [7, 11) is 0. The summed E-state index contributed by atoms with van der Waals surface area (Å²) in [6, 6.07) is 13.4. The first kappa shape index (κ1) is 23.3. The number of amides is 2. The molecule has 0 atom stereocenters. The predicted octanol–water partition coefficient (Wildman–Crippen LogP) is 4.84. The largest absolute Gasteiger partial charge is 0.467 e. The summed E-state index contributed by atoms with van der Waals surface area (Å²) in [5.74, 6) is 0.857. The fourth-order valence-corrected chi connectivity index (χ4v) is 3.37. The first-order chi connectivity index (χ1) is 15.2. The number of benzene rings is 1. The van der Waals surface area contributed by atoms with Crippen LogP contribution in [-0.4, -0.2) is 33.0 Å². The van der Waals surface area contributed by atoms with E-state index in [-0.39, 0.29) is 30.3 Å². The van der Waals surface area contributed by atoms with Gasteiger partial charge in [0.05, 0.1) is 24.2 Å². The van der Waals surface area contributed by atoms with Crippen molar-refractivity contribution in [1.29, 1.82) is 0 Å². The van der Waals surface area contributed by atoms with Gasteiger partial charge >= 0.3 is 0 Å². The van der Waals surface area contributed by atoms with Crippen LogP contribution in [0.15, 0.2) is 53.1 Å². The minimum atomic E-state index is -0.281. The van der Waals surface area contributed by atoms with Crippen LogP contribution >= 0.6 is 0 Å². The van der Waals surface area contributed by atoms with Gasteiger partial charge in [-0.1, -0.05) is 45.9 Å². The second kappa shape index (κ2) is 9.85. The molecule has 7 heteroatoms. The molecule has 0 radical (unpaired) electrons. The zero-order chi connectivity index (χ0) is 23.3. The molecule has 0 saturated heterocycles. The van der Waals surface area contributed by atoms with Crippen molar-refractivity contribution in [3.05, 3.63) is 65.7 Å². The van der Waals surface area contributed by atoms with Gasteiger partial charge in [0.2, 0.25) is 11.8 Å². The highest BCUT2D eigenvalue weighted by atomic mass is 16.3. The first-order valence-corrected chi connectivity index (χ1v) is 11.0. The van der Waals surface area contributed by atoms with E-state index in [1.807, 2.05) is 44.2 Å². The maximum Gasteiger partial charge on any atom is 0.245 e. The van der Waals surface area contributed by atoms with Crippen LogP contribution in [0.5, 0.6) is 0 Å². The average Bonchev–Trinajstić information content (AvgIpc) is 3.38. The summed E-state index contributed by atoms with van der Waals surface area (Å²) >= 11 is 0. The number of hydrogen-bond acceptors (Lipinski definition) is 4. The molecule has 1 aromatic carbocycles. The van der Waals surface area contributed by atoms with Crippen LogP contribution in [-0.2, 0) is 21.5 Å². The Kier molecular flexibility index (Phi) is 7.18. The Morgan fingerprint density at radius 2 is 1.91 bits per heavy atom. The van der Waals surface area contributed by atoms with Gasteiger partial charge in [0.1, 0.15) is 18.1 Å². The monoisotopic (exact) mass is 436 g/mol. The molecule has 0 aliphatic carbocycles. The molecule has 32 heavy (non-hydrogen) atoms. The van der Waals surface area contributed by atoms with Crippen LogP contribution in [0.25, 0.3) is 5.69 Å². The number of rotatable bonds is 8. The van der Waals surface area contributed by atoms with E-state index in [1.54, 1.807) is 23.1 Å². The topological polar surface area (TPSA) is 80.4 Å². The second-order valence-corrected chi connectivity index (χ2v) is 8.99. The molecule has 2 amide bonds. The molecule has 0 unspecified atom stereocenters. The Morgan fingerprint density at radius 3 is 2.53 bits per heavy atom. The summed E-state index contributed by atoms with van der Waals surface area (Å²) in [4.78, 5) is 27.1. The van der Waals surface area contributed by atoms with Crippen molar-refractivity contribution < 1.29 is 14.0 Å². The summed E-state index contributed by atoms with van der Waals surface area (Å²) in [5.41, 5.74) is 2.62. The van der Waals surface area contributed by atoms with Gasteiger partial charge in [-0.3, -0.25) is 9.59 Å². The van der Waals surface area contributed by atoms with Crippen LogP contribution in [0.2, 0.25) is 0 Å². The molecule has 7 nitrogen and oxygen atoms in total. The molecular weight excluding hydrogens is 404 g/mol. The molecular formula is C25H32N4O3. The predicted molar refractivity (Wildman–Crippen MR) is 125 cm³/mol. The van der Waals surface area contributed by atoms with Gasteiger partial charge in [0.15, 0.2) is 0 Å². The van der Waals surface area contributed by atoms with E-state index < -0.39 is 0 Å². The molecule has 3 aromatic rings. The van der Waals surface area contributed by atoms with Gasteiger partial charge in [0.25, 0.3) is 0 Å². The van der Waals surface area contributed by atoms with E-state index in [0.29, 0.717) is 24.4 Å². The van der Waals surface area contributed by atoms with Gasteiger partial charge in [0, 0.05) is 17.9 Å². The number of aromatic nitrogens is 2. The van der Waals surface area contributed by atoms with Gasteiger partial charge in [-0.15, -0.1) is 0 Å². The normalized spacial score (nSPS) is 11.4. The van der Waals surface area contributed by atoms with Crippen LogP contribution in [0.4, 0.5) is 5.82 Å².